The van der Waals surface area contributed by atoms with Crippen LogP contribution in [0.4, 0.5) is 0 Å². The third-order valence-corrected chi connectivity index (χ3v) is 3.44. The first-order chi connectivity index (χ1) is 9.70. The number of hydrogen-bond acceptors (Lipinski definition) is 2. The maximum Gasteiger partial charge on any atom is 0.139 e. The average Bonchev–Trinajstić information content (AvgIpc) is 2.46. The summed E-state index contributed by atoms with van der Waals surface area (Å²) in [6, 6.07) is 15.3. The molecule has 0 saturated carbocycles. The number of hydrogen-bond donors (Lipinski definition) is 1. The normalized spacial score (nSPS) is 12.2. The van der Waals surface area contributed by atoms with Crippen molar-refractivity contribution >= 4 is 23.2 Å². The molecule has 0 bridgehead atoms. The van der Waals surface area contributed by atoms with Gasteiger partial charge in [0.25, 0.3) is 0 Å². The van der Waals surface area contributed by atoms with E-state index in [2.05, 4.69) is 12.2 Å². The van der Waals surface area contributed by atoms with Crippen molar-refractivity contribution in [1.82, 2.24) is 5.32 Å². The number of nitrogens with one attached hydrogen (secondary N) is 1. The Labute approximate surface area is 129 Å². The first-order valence-electron chi connectivity index (χ1n) is 6.58. The Morgan fingerprint density at radius 2 is 1.85 bits per heavy atom. The van der Waals surface area contributed by atoms with Gasteiger partial charge in [0.2, 0.25) is 0 Å². The van der Waals surface area contributed by atoms with Crippen LogP contribution in [0.15, 0.2) is 48.5 Å². The van der Waals surface area contributed by atoms with Crippen LogP contribution in [-0.2, 0) is 0 Å². The second-order valence-corrected chi connectivity index (χ2v) is 5.24. The lowest BCUT2D eigenvalue weighted by Gasteiger charge is -2.20. The summed E-state index contributed by atoms with van der Waals surface area (Å²) in [5.41, 5.74) is 1.11. The van der Waals surface area contributed by atoms with E-state index in [1.807, 2.05) is 30.3 Å². The maximum atomic E-state index is 6.17. The molecule has 20 heavy (non-hydrogen) atoms. The molecule has 2 nitrogen and oxygen atoms in total. The zero-order valence-corrected chi connectivity index (χ0v) is 12.8. The monoisotopic (exact) mass is 309 g/mol. The van der Waals surface area contributed by atoms with E-state index >= 15 is 0 Å². The second kappa shape index (κ2) is 7.53. The minimum atomic E-state index is -0.0881. The summed E-state index contributed by atoms with van der Waals surface area (Å²) in [7, 11) is 0. The van der Waals surface area contributed by atoms with Crippen LogP contribution in [0.25, 0.3) is 0 Å². The lowest BCUT2D eigenvalue weighted by atomic mass is 10.1. The van der Waals surface area contributed by atoms with Crippen molar-refractivity contribution in [2.75, 3.05) is 13.1 Å². The fourth-order valence-corrected chi connectivity index (χ4v) is 2.35. The van der Waals surface area contributed by atoms with Gasteiger partial charge in [-0.15, -0.1) is 0 Å². The molecule has 4 heteroatoms. The third-order valence-electron chi connectivity index (χ3n) is 2.91. The molecule has 0 amide bonds. The van der Waals surface area contributed by atoms with Crippen LogP contribution in [0.3, 0.4) is 0 Å². The lowest BCUT2D eigenvalue weighted by molar-refractivity contribution is 0.203. The zero-order valence-electron chi connectivity index (χ0n) is 11.3. The summed E-state index contributed by atoms with van der Waals surface area (Å²) in [6.07, 6.45) is -0.0881. The SMILES string of the molecule is CCNCC(Oc1ccc(Cl)cc1Cl)c1ccccc1. The van der Waals surface area contributed by atoms with Crippen LogP contribution in [0.5, 0.6) is 5.75 Å². The average molecular weight is 310 g/mol. The van der Waals surface area contributed by atoms with E-state index in [9.17, 15) is 0 Å². The first kappa shape index (κ1) is 15.2. The molecule has 0 radical (unpaired) electrons. The topological polar surface area (TPSA) is 21.3 Å². The van der Waals surface area contributed by atoms with Gasteiger partial charge in [0.1, 0.15) is 11.9 Å². The largest absolute Gasteiger partial charge is 0.483 e. The van der Waals surface area contributed by atoms with Crippen molar-refractivity contribution in [2.24, 2.45) is 0 Å². The Kier molecular flexibility index (Phi) is 5.72. The van der Waals surface area contributed by atoms with E-state index in [0.29, 0.717) is 15.8 Å². The highest BCUT2D eigenvalue weighted by Gasteiger charge is 2.14. The molecule has 0 heterocycles. The van der Waals surface area contributed by atoms with Crippen molar-refractivity contribution in [2.45, 2.75) is 13.0 Å². The number of benzene rings is 2. The lowest BCUT2D eigenvalue weighted by Crippen LogP contribution is -2.25. The minimum absolute atomic E-state index is 0.0881. The van der Waals surface area contributed by atoms with Gasteiger partial charge in [-0.2, -0.15) is 0 Å². The molecule has 0 aliphatic rings. The van der Waals surface area contributed by atoms with Crippen LogP contribution in [0.2, 0.25) is 10.0 Å². The molecule has 0 aliphatic heterocycles. The Morgan fingerprint density at radius 1 is 1.10 bits per heavy atom. The molecule has 2 aromatic carbocycles. The first-order valence-corrected chi connectivity index (χ1v) is 7.33. The summed E-state index contributed by atoms with van der Waals surface area (Å²) >= 11 is 12.1. The van der Waals surface area contributed by atoms with Crippen LogP contribution in [0.1, 0.15) is 18.6 Å². The Balaban J connectivity index is 2.19. The minimum Gasteiger partial charge on any atom is -0.483 e. The summed E-state index contributed by atoms with van der Waals surface area (Å²) in [5.74, 6) is 0.642. The summed E-state index contributed by atoms with van der Waals surface area (Å²) < 4.78 is 6.04. The van der Waals surface area contributed by atoms with Crippen LogP contribution in [0, 0.1) is 0 Å². The van der Waals surface area contributed by atoms with Gasteiger partial charge >= 0.3 is 0 Å². The highest BCUT2D eigenvalue weighted by Crippen LogP contribution is 2.31. The van der Waals surface area contributed by atoms with Gasteiger partial charge in [0.15, 0.2) is 0 Å². The quantitative estimate of drug-likeness (QED) is 0.833. The molecule has 106 valence electrons. The van der Waals surface area contributed by atoms with Crippen molar-refractivity contribution in [3.8, 4) is 5.75 Å². The smallest absolute Gasteiger partial charge is 0.139 e. The number of rotatable bonds is 6. The second-order valence-electron chi connectivity index (χ2n) is 4.40. The van der Waals surface area contributed by atoms with E-state index < -0.39 is 0 Å². The number of halogens is 2. The summed E-state index contributed by atoms with van der Waals surface area (Å²) in [6.45, 7) is 3.68. The fraction of sp³-hybridized carbons (Fsp3) is 0.250. The van der Waals surface area contributed by atoms with Gasteiger partial charge in [-0.1, -0.05) is 60.5 Å². The Bertz CT molecular complexity index is 545. The summed E-state index contributed by atoms with van der Waals surface area (Å²) in [5, 5.41) is 4.43. The van der Waals surface area contributed by atoms with Crippen LogP contribution < -0.4 is 10.1 Å². The predicted molar refractivity (Wildman–Crippen MR) is 84.8 cm³/mol. The van der Waals surface area contributed by atoms with Gasteiger partial charge < -0.3 is 10.1 Å². The summed E-state index contributed by atoms with van der Waals surface area (Å²) in [4.78, 5) is 0. The van der Waals surface area contributed by atoms with E-state index in [1.165, 1.54) is 0 Å². The van der Waals surface area contributed by atoms with E-state index in [4.69, 9.17) is 27.9 Å². The molecule has 1 atom stereocenters. The van der Waals surface area contributed by atoms with Gasteiger partial charge in [-0.3, -0.25) is 0 Å². The molecule has 0 fully saturated rings. The molecule has 1 unspecified atom stereocenters. The van der Waals surface area contributed by atoms with Gasteiger partial charge in [-0.25, -0.2) is 0 Å². The van der Waals surface area contributed by atoms with Gasteiger partial charge in [0.05, 0.1) is 5.02 Å². The molecule has 0 spiro atoms. The molecule has 1 N–H and O–H groups in total. The number of likely N-dealkylation sites (N-methyl/N-ethyl adjacent to an activating group) is 1. The molecule has 0 saturated heterocycles. The molecular weight excluding hydrogens is 293 g/mol. The fourth-order valence-electron chi connectivity index (χ4n) is 1.89. The van der Waals surface area contributed by atoms with Crippen molar-refractivity contribution in [3.63, 3.8) is 0 Å². The molecule has 2 aromatic rings. The van der Waals surface area contributed by atoms with E-state index in [-0.39, 0.29) is 6.10 Å². The zero-order chi connectivity index (χ0) is 14.4. The third kappa shape index (κ3) is 4.14. The molecule has 0 aromatic heterocycles. The molecular formula is C16H17Cl2NO. The van der Waals surface area contributed by atoms with E-state index in [1.54, 1.807) is 18.2 Å². The van der Waals surface area contributed by atoms with Gasteiger partial charge in [0, 0.05) is 11.6 Å². The van der Waals surface area contributed by atoms with Crippen molar-refractivity contribution in [3.05, 3.63) is 64.1 Å². The Morgan fingerprint density at radius 3 is 2.50 bits per heavy atom. The Hall–Kier alpha value is -1.22. The molecule has 0 aliphatic carbocycles. The van der Waals surface area contributed by atoms with Crippen molar-refractivity contribution in [1.29, 1.82) is 0 Å². The van der Waals surface area contributed by atoms with Crippen molar-refractivity contribution < 1.29 is 4.74 Å². The maximum absolute atomic E-state index is 6.17. The highest BCUT2D eigenvalue weighted by atomic mass is 35.5. The predicted octanol–water partition coefficient (Wildman–Crippen LogP) is 4.72. The highest BCUT2D eigenvalue weighted by molar-refractivity contribution is 6.35. The van der Waals surface area contributed by atoms with Crippen LogP contribution in [-0.4, -0.2) is 13.1 Å². The molecule has 2 rings (SSSR count). The van der Waals surface area contributed by atoms with E-state index in [0.717, 1.165) is 18.7 Å². The van der Waals surface area contributed by atoms with Crippen LogP contribution >= 0.6 is 23.2 Å². The number of ether oxygens (including phenoxy) is 1. The standard InChI is InChI=1S/C16H17Cl2NO/c1-2-19-11-16(12-6-4-3-5-7-12)20-15-9-8-13(17)10-14(15)18/h3-10,16,19H,2,11H2,1H3. The van der Waals surface area contributed by atoms with Gasteiger partial charge in [-0.05, 0) is 30.3 Å².